The first kappa shape index (κ1) is 17.5. The molecule has 1 aromatic heterocycles. The van der Waals surface area contributed by atoms with Crippen LogP contribution in [0.2, 0.25) is 5.15 Å². The number of aromatic nitrogens is 2. The van der Waals surface area contributed by atoms with Crippen LogP contribution in [-0.2, 0) is 13.0 Å². The molecule has 0 aliphatic rings. The Bertz CT molecular complexity index is 374. The van der Waals surface area contributed by atoms with Crippen molar-refractivity contribution in [2.75, 3.05) is 19.6 Å². The van der Waals surface area contributed by atoms with Gasteiger partial charge in [0, 0.05) is 25.6 Å². The summed E-state index contributed by atoms with van der Waals surface area (Å²) in [6.45, 7) is 12.8. The lowest BCUT2D eigenvalue weighted by molar-refractivity contribution is 0.270. The molecule has 5 heteroatoms. The number of aromatic amines is 1. The van der Waals surface area contributed by atoms with Crippen molar-refractivity contribution < 1.29 is 0 Å². The number of hydrogen-bond donors (Lipinski definition) is 2. The molecule has 116 valence electrons. The molecule has 0 aliphatic carbocycles. The lowest BCUT2D eigenvalue weighted by Crippen LogP contribution is -2.38. The van der Waals surface area contributed by atoms with Crippen LogP contribution < -0.4 is 5.32 Å². The van der Waals surface area contributed by atoms with Crippen molar-refractivity contribution in [3.63, 3.8) is 0 Å². The van der Waals surface area contributed by atoms with Crippen molar-refractivity contribution in [3.8, 4) is 0 Å². The molecule has 1 rings (SSSR count). The topological polar surface area (TPSA) is 44.0 Å². The van der Waals surface area contributed by atoms with Gasteiger partial charge in [-0.3, -0.25) is 0 Å². The average Bonchev–Trinajstić information content (AvgIpc) is 2.80. The molecule has 2 N–H and O–H groups in total. The predicted molar refractivity (Wildman–Crippen MR) is 86.3 cm³/mol. The third kappa shape index (κ3) is 5.81. The van der Waals surface area contributed by atoms with Gasteiger partial charge in [0.2, 0.25) is 0 Å². The summed E-state index contributed by atoms with van der Waals surface area (Å²) in [5.41, 5.74) is 1.00. The number of imidazole rings is 1. The second-order valence-electron chi connectivity index (χ2n) is 5.32. The summed E-state index contributed by atoms with van der Waals surface area (Å²) in [5.74, 6) is 1.00. The largest absolute Gasteiger partial charge is 0.344 e. The molecule has 0 amide bonds. The van der Waals surface area contributed by atoms with Gasteiger partial charge in [-0.05, 0) is 26.4 Å². The van der Waals surface area contributed by atoms with E-state index in [-0.39, 0.29) is 0 Å². The van der Waals surface area contributed by atoms with Gasteiger partial charge in [0.05, 0.1) is 5.69 Å². The van der Waals surface area contributed by atoms with E-state index in [1.54, 1.807) is 0 Å². The van der Waals surface area contributed by atoms with Crippen molar-refractivity contribution in [2.24, 2.45) is 0 Å². The van der Waals surface area contributed by atoms with Gasteiger partial charge in [-0.25, -0.2) is 4.98 Å². The van der Waals surface area contributed by atoms with Crippen LogP contribution in [0.15, 0.2) is 0 Å². The van der Waals surface area contributed by atoms with Gasteiger partial charge in [0.25, 0.3) is 0 Å². The van der Waals surface area contributed by atoms with Crippen LogP contribution in [0.5, 0.6) is 0 Å². The van der Waals surface area contributed by atoms with Crippen LogP contribution in [0.3, 0.4) is 0 Å². The Hall–Kier alpha value is -0.580. The molecular weight excluding hydrogens is 272 g/mol. The zero-order chi connectivity index (χ0) is 15.0. The zero-order valence-electron chi connectivity index (χ0n) is 13.3. The van der Waals surface area contributed by atoms with Gasteiger partial charge in [0.15, 0.2) is 5.15 Å². The van der Waals surface area contributed by atoms with Crippen molar-refractivity contribution >= 4 is 11.6 Å². The quantitative estimate of drug-likeness (QED) is 0.697. The summed E-state index contributed by atoms with van der Waals surface area (Å²) in [6.07, 6.45) is 3.30. The number of hydrogen-bond acceptors (Lipinski definition) is 3. The molecule has 1 atom stereocenters. The number of H-pyrrole nitrogens is 1. The van der Waals surface area contributed by atoms with Crippen molar-refractivity contribution in [3.05, 3.63) is 16.7 Å². The number of unbranched alkanes of at least 4 members (excludes halogenated alkanes) is 1. The van der Waals surface area contributed by atoms with Crippen LogP contribution in [-0.4, -0.2) is 40.5 Å². The van der Waals surface area contributed by atoms with E-state index in [2.05, 4.69) is 47.9 Å². The normalized spacial score (nSPS) is 13.1. The molecule has 1 unspecified atom stereocenters. The molecule has 0 fully saturated rings. The molecule has 20 heavy (non-hydrogen) atoms. The smallest absolute Gasteiger partial charge is 0.151 e. The minimum absolute atomic E-state index is 0.438. The standard InChI is InChI=1S/C15H29ClN4/c1-5-8-9-14-18-13(15(16)19-14)10-17-12(4)11-20(6-2)7-3/h12,17H,5-11H2,1-4H3,(H,18,19). The highest BCUT2D eigenvalue weighted by Crippen LogP contribution is 2.14. The first-order chi connectivity index (χ1) is 9.60. The number of nitrogens with zero attached hydrogens (tertiary/aromatic N) is 2. The second-order valence-corrected chi connectivity index (χ2v) is 5.68. The number of likely N-dealkylation sites (N-methyl/N-ethyl adjacent to an activating group) is 1. The van der Waals surface area contributed by atoms with Gasteiger partial charge in [-0.2, -0.15) is 0 Å². The highest BCUT2D eigenvalue weighted by atomic mass is 35.5. The maximum Gasteiger partial charge on any atom is 0.151 e. The average molecular weight is 301 g/mol. The lowest BCUT2D eigenvalue weighted by Gasteiger charge is -2.23. The predicted octanol–water partition coefficient (Wildman–Crippen LogP) is 3.23. The van der Waals surface area contributed by atoms with E-state index in [1.807, 2.05) is 0 Å². The fourth-order valence-electron chi connectivity index (χ4n) is 2.23. The maximum absolute atomic E-state index is 6.17. The molecule has 0 aliphatic heterocycles. The van der Waals surface area contributed by atoms with Crippen molar-refractivity contribution in [2.45, 2.75) is 59.5 Å². The Labute approximate surface area is 128 Å². The molecule has 0 spiro atoms. The Morgan fingerprint density at radius 2 is 2.00 bits per heavy atom. The zero-order valence-corrected chi connectivity index (χ0v) is 14.1. The van der Waals surface area contributed by atoms with Crippen LogP contribution in [0.4, 0.5) is 0 Å². The van der Waals surface area contributed by atoms with Crippen LogP contribution in [0.1, 0.15) is 52.1 Å². The van der Waals surface area contributed by atoms with Crippen LogP contribution >= 0.6 is 11.6 Å². The Morgan fingerprint density at radius 3 is 2.60 bits per heavy atom. The van der Waals surface area contributed by atoms with Gasteiger partial charge in [-0.1, -0.05) is 38.8 Å². The van der Waals surface area contributed by atoms with E-state index in [4.69, 9.17) is 11.6 Å². The van der Waals surface area contributed by atoms with Crippen LogP contribution in [0, 0.1) is 0 Å². The van der Waals surface area contributed by atoms with E-state index in [0.29, 0.717) is 11.2 Å². The molecule has 1 heterocycles. The van der Waals surface area contributed by atoms with Gasteiger partial charge in [-0.15, -0.1) is 0 Å². The van der Waals surface area contributed by atoms with Crippen LogP contribution in [0.25, 0.3) is 0 Å². The Kier molecular flexibility index (Phi) is 8.19. The summed E-state index contributed by atoms with van der Waals surface area (Å²) in [7, 11) is 0. The molecule has 0 aromatic carbocycles. The molecule has 0 bridgehead atoms. The molecule has 0 saturated heterocycles. The van der Waals surface area contributed by atoms with Gasteiger partial charge < -0.3 is 15.2 Å². The van der Waals surface area contributed by atoms with E-state index >= 15 is 0 Å². The Balaban J connectivity index is 2.42. The van der Waals surface area contributed by atoms with Gasteiger partial charge >= 0.3 is 0 Å². The molecular formula is C15H29ClN4. The van der Waals surface area contributed by atoms with E-state index in [9.17, 15) is 0 Å². The van der Waals surface area contributed by atoms with E-state index in [0.717, 1.165) is 50.5 Å². The van der Waals surface area contributed by atoms with Crippen molar-refractivity contribution in [1.82, 2.24) is 20.2 Å². The number of nitrogens with one attached hydrogen (secondary N) is 2. The summed E-state index contributed by atoms with van der Waals surface area (Å²) < 4.78 is 0. The minimum atomic E-state index is 0.438. The lowest BCUT2D eigenvalue weighted by atomic mass is 10.2. The first-order valence-corrected chi connectivity index (χ1v) is 8.17. The summed E-state index contributed by atoms with van der Waals surface area (Å²) in [5, 5.41) is 4.12. The maximum atomic E-state index is 6.17. The SMILES string of the molecule is CCCCc1nc(Cl)c(CNC(C)CN(CC)CC)[nH]1. The number of rotatable bonds is 10. The highest BCUT2D eigenvalue weighted by molar-refractivity contribution is 6.30. The first-order valence-electron chi connectivity index (χ1n) is 7.79. The van der Waals surface area contributed by atoms with Gasteiger partial charge in [0.1, 0.15) is 5.82 Å². The Morgan fingerprint density at radius 1 is 1.30 bits per heavy atom. The third-order valence-electron chi connectivity index (χ3n) is 3.60. The molecule has 4 nitrogen and oxygen atoms in total. The number of halogens is 1. The summed E-state index contributed by atoms with van der Waals surface area (Å²) >= 11 is 6.17. The third-order valence-corrected chi connectivity index (χ3v) is 3.91. The summed E-state index contributed by atoms with van der Waals surface area (Å²) in [6, 6.07) is 0.438. The molecule has 0 radical (unpaired) electrons. The second kappa shape index (κ2) is 9.37. The summed E-state index contributed by atoms with van der Waals surface area (Å²) in [4.78, 5) is 10.1. The fraction of sp³-hybridized carbons (Fsp3) is 0.800. The van der Waals surface area contributed by atoms with E-state index < -0.39 is 0 Å². The van der Waals surface area contributed by atoms with Crippen molar-refractivity contribution in [1.29, 1.82) is 0 Å². The molecule has 1 aromatic rings. The minimum Gasteiger partial charge on any atom is -0.344 e. The fourth-order valence-corrected chi connectivity index (χ4v) is 2.45. The monoisotopic (exact) mass is 300 g/mol. The molecule has 0 saturated carbocycles. The van der Waals surface area contributed by atoms with E-state index in [1.165, 1.54) is 6.42 Å². The number of aryl methyl sites for hydroxylation is 1. The highest BCUT2D eigenvalue weighted by Gasteiger charge is 2.11.